The SMILES string of the molecule is CC(C)CCN(C[C@@H](O)[C@H](Cc1ccccc1)NC(=O)C1(N)CCCS(=O)(=O)C1)C(=O)NC(C)(C)Cn1ccnc1.[HH]. The minimum absolute atomic E-state index is 0. The van der Waals surface area contributed by atoms with Gasteiger partial charge in [0.1, 0.15) is 5.54 Å². The molecule has 2 heterocycles. The summed E-state index contributed by atoms with van der Waals surface area (Å²) in [5.74, 6) is -0.714. The predicted molar refractivity (Wildman–Crippen MR) is 161 cm³/mol. The Morgan fingerprint density at radius 1 is 1.27 bits per heavy atom. The van der Waals surface area contributed by atoms with E-state index >= 15 is 0 Å². The molecule has 0 spiro atoms. The fourth-order valence-electron chi connectivity index (χ4n) is 5.07. The van der Waals surface area contributed by atoms with Crippen LogP contribution < -0.4 is 16.4 Å². The minimum atomic E-state index is -3.45. The molecule has 1 aliphatic rings. The van der Waals surface area contributed by atoms with E-state index in [1.807, 2.05) is 54.9 Å². The van der Waals surface area contributed by atoms with Gasteiger partial charge in [0.05, 0.1) is 42.1 Å². The van der Waals surface area contributed by atoms with Crippen LogP contribution in [-0.4, -0.2) is 87.7 Å². The number of aromatic nitrogens is 2. The number of amides is 3. The molecule has 1 aromatic heterocycles. The van der Waals surface area contributed by atoms with Gasteiger partial charge in [0.15, 0.2) is 9.84 Å². The van der Waals surface area contributed by atoms with Crippen LogP contribution in [0.25, 0.3) is 0 Å². The summed E-state index contributed by atoms with van der Waals surface area (Å²) >= 11 is 0. The molecule has 41 heavy (non-hydrogen) atoms. The van der Waals surface area contributed by atoms with Gasteiger partial charge in [0.2, 0.25) is 5.91 Å². The molecule has 5 N–H and O–H groups in total. The van der Waals surface area contributed by atoms with Gasteiger partial charge in [-0.05, 0) is 51.0 Å². The minimum Gasteiger partial charge on any atom is -0.389 e. The van der Waals surface area contributed by atoms with Gasteiger partial charge in [-0.2, -0.15) is 0 Å². The Labute approximate surface area is 245 Å². The van der Waals surface area contributed by atoms with Gasteiger partial charge in [-0.15, -0.1) is 0 Å². The Morgan fingerprint density at radius 2 is 1.98 bits per heavy atom. The number of sulfone groups is 1. The highest BCUT2D eigenvalue weighted by atomic mass is 32.2. The number of urea groups is 1. The number of rotatable bonds is 13. The highest BCUT2D eigenvalue weighted by Gasteiger charge is 2.43. The van der Waals surface area contributed by atoms with E-state index < -0.39 is 44.7 Å². The third-order valence-corrected chi connectivity index (χ3v) is 9.21. The maximum atomic E-state index is 13.5. The van der Waals surface area contributed by atoms with Crippen LogP contribution in [0, 0.1) is 5.92 Å². The van der Waals surface area contributed by atoms with Gasteiger partial charge in [-0.1, -0.05) is 44.2 Å². The first-order chi connectivity index (χ1) is 19.2. The van der Waals surface area contributed by atoms with Crippen LogP contribution in [0.3, 0.4) is 0 Å². The number of aliphatic hydroxyl groups excluding tert-OH is 1. The second-order valence-electron chi connectivity index (χ2n) is 12.4. The third kappa shape index (κ3) is 10.1. The summed E-state index contributed by atoms with van der Waals surface area (Å²) in [7, 11) is -3.45. The van der Waals surface area contributed by atoms with Crippen molar-refractivity contribution in [2.75, 3.05) is 24.6 Å². The van der Waals surface area contributed by atoms with E-state index in [1.165, 1.54) is 0 Å². The van der Waals surface area contributed by atoms with Crippen LogP contribution in [0.2, 0.25) is 0 Å². The molecule has 1 fully saturated rings. The predicted octanol–water partition coefficient (Wildman–Crippen LogP) is 1.96. The summed E-state index contributed by atoms with van der Waals surface area (Å²) < 4.78 is 26.4. The van der Waals surface area contributed by atoms with E-state index in [2.05, 4.69) is 29.5 Å². The zero-order valence-electron chi connectivity index (χ0n) is 24.6. The molecule has 12 heteroatoms. The summed E-state index contributed by atoms with van der Waals surface area (Å²) in [4.78, 5) is 32.5. The lowest BCUT2D eigenvalue weighted by Gasteiger charge is -2.36. The van der Waals surface area contributed by atoms with Gasteiger partial charge in [-0.3, -0.25) is 4.79 Å². The number of imidazole rings is 1. The molecule has 2 aromatic rings. The lowest BCUT2D eigenvalue weighted by atomic mass is 9.93. The van der Waals surface area contributed by atoms with Crippen molar-refractivity contribution in [2.24, 2.45) is 11.7 Å². The lowest BCUT2D eigenvalue weighted by molar-refractivity contribution is -0.127. The molecule has 0 radical (unpaired) electrons. The second kappa shape index (κ2) is 13.8. The van der Waals surface area contributed by atoms with Crippen LogP contribution in [0.4, 0.5) is 4.79 Å². The molecule has 3 rings (SSSR count). The van der Waals surface area contributed by atoms with Crippen molar-refractivity contribution in [1.29, 1.82) is 0 Å². The lowest BCUT2D eigenvalue weighted by Crippen LogP contribution is -2.64. The van der Waals surface area contributed by atoms with Crippen LogP contribution in [0.5, 0.6) is 0 Å². The number of hydrogen-bond donors (Lipinski definition) is 4. The summed E-state index contributed by atoms with van der Waals surface area (Å²) in [6.07, 6.45) is 5.59. The second-order valence-corrected chi connectivity index (χ2v) is 14.6. The Kier molecular flexibility index (Phi) is 11.0. The highest BCUT2D eigenvalue weighted by molar-refractivity contribution is 7.91. The molecule has 11 nitrogen and oxygen atoms in total. The molecule has 0 saturated carbocycles. The summed E-state index contributed by atoms with van der Waals surface area (Å²) in [5, 5.41) is 17.4. The first kappa shape index (κ1) is 32.6. The zero-order chi connectivity index (χ0) is 30.3. The van der Waals surface area contributed by atoms with Crippen molar-refractivity contribution in [2.45, 2.75) is 83.1 Å². The average Bonchev–Trinajstić information content (AvgIpc) is 3.37. The van der Waals surface area contributed by atoms with E-state index in [9.17, 15) is 23.1 Å². The summed E-state index contributed by atoms with van der Waals surface area (Å²) in [5.41, 5.74) is 5.02. The summed E-state index contributed by atoms with van der Waals surface area (Å²) in [6, 6.07) is 8.25. The number of carbonyl (C=O) groups excluding carboxylic acids is 2. The highest BCUT2D eigenvalue weighted by Crippen LogP contribution is 2.22. The van der Waals surface area contributed by atoms with Crippen molar-refractivity contribution in [3.05, 3.63) is 54.6 Å². The number of aliphatic hydroxyl groups is 1. The van der Waals surface area contributed by atoms with Crippen molar-refractivity contribution in [3.63, 3.8) is 0 Å². The van der Waals surface area contributed by atoms with Crippen molar-refractivity contribution >= 4 is 21.8 Å². The Bertz CT molecular complexity index is 1240. The Balaban J connectivity index is 0.00000616. The number of hydrogen-bond acceptors (Lipinski definition) is 7. The van der Waals surface area contributed by atoms with E-state index in [4.69, 9.17) is 5.73 Å². The maximum absolute atomic E-state index is 13.5. The molecule has 1 saturated heterocycles. The fourth-order valence-corrected chi connectivity index (χ4v) is 6.86. The molecule has 0 bridgehead atoms. The molecule has 3 amide bonds. The Hall–Kier alpha value is -2.96. The quantitative estimate of drug-likeness (QED) is 0.277. The maximum Gasteiger partial charge on any atom is 0.317 e. The van der Waals surface area contributed by atoms with Gasteiger partial charge >= 0.3 is 6.03 Å². The van der Waals surface area contributed by atoms with Gasteiger partial charge in [0, 0.05) is 26.9 Å². The zero-order valence-corrected chi connectivity index (χ0v) is 25.4. The van der Waals surface area contributed by atoms with Gasteiger partial charge in [0.25, 0.3) is 0 Å². The Morgan fingerprint density at radius 3 is 2.59 bits per heavy atom. The first-order valence-corrected chi connectivity index (χ1v) is 16.1. The first-order valence-electron chi connectivity index (χ1n) is 14.2. The molecule has 0 aliphatic carbocycles. The standard InChI is InChI=1S/C29H46N6O5S.H2/c1-22(2)11-14-35(27(38)33-28(3,4)19-34-15-13-31-21-34)18-25(36)24(17-23-9-6-5-7-10-23)32-26(37)29(30)12-8-16-41(39,40)20-29;/h5-7,9-10,13,15,21-22,24-25,36H,8,11-12,14,16-20,30H2,1-4H3,(H,32,37)(H,33,38);1H/t24-,25+,29?;/m0./s1. The number of benzene rings is 1. The summed E-state index contributed by atoms with van der Waals surface area (Å²) in [6.45, 7) is 8.84. The molecule has 1 aliphatic heterocycles. The van der Waals surface area contributed by atoms with Crippen LogP contribution in [0.1, 0.15) is 53.9 Å². The largest absolute Gasteiger partial charge is 0.389 e. The molecule has 230 valence electrons. The van der Waals surface area contributed by atoms with Crippen LogP contribution in [0.15, 0.2) is 49.1 Å². The number of carbonyl (C=O) groups is 2. The average molecular weight is 593 g/mol. The monoisotopic (exact) mass is 592 g/mol. The van der Waals surface area contributed by atoms with Crippen molar-refractivity contribution in [1.82, 2.24) is 25.1 Å². The molecular formula is C29H48N6O5S. The molecular weight excluding hydrogens is 544 g/mol. The number of nitrogens with zero attached hydrogens (tertiary/aromatic N) is 3. The van der Waals surface area contributed by atoms with E-state index in [0.29, 0.717) is 25.4 Å². The van der Waals surface area contributed by atoms with Crippen LogP contribution in [-0.2, 0) is 27.6 Å². The van der Waals surface area contributed by atoms with Crippen molar-refractivity contribution in [3.8, 4) is 0 Å². The van der Waals surface area contributed by atoms with E-state index in [-0.39, 0.29) is 32.6 Å². The smallest absolute Gasteiger partial charge is 0.317 e. The molecule has 1 aromatic carbocycles. The number of nitrogens with two attached hydrogens (primary N) is 1. The molecule has 3 atom stereocenters. The van der Waals surface area contributed by atoms with Gasteiger partial charge in [-0.25, -0.2) is 18.2 Å². The van der Waals surface area contributed by atoms with Crippen LogP contribution >= 0.6 is 0 Å². The third-order valence-electron chi connectivity index (χ3n) is 7.34. The normalized spacial score (nSPS) is 20.3. The van der Waals surface area contributed by atoms with E-state index in [0.717, 1.165) is 12.0 Å². The molecule has 1 unspecified atom stereocenters. The topological polar surface area (TPSA) is 160 Å². The number of nitrogens with one attached hydrogen (secondary N) is 2. The van der Waals surface area contributed by atoms with Gasteiger partial charge < -0.3 is 30.9 Å². The fraction of sp³-hybridized carbons (Fsp3) is 0.621. The van der Waals surface area contributed by atoms with E-state index in [1.54, 1.807) is 17.4 Å². The van der Waals surface area contributed by atoms with Crippen molar-refractivity contribution < 1.29 is 24.5 Å².